The van der Waals surface area contributed by atoms with Crippen molar-refractivity contribution in [3.63, 3.8) is 0 Å². The summed E-state index contributed by atoms with van der Waals surface area (Å²) in [6, 6.07) is 11.3. The van der Waals surface area contributed by atoms with E-state index in [2.05, 4.69) is 4.98 Å². The Morgan fingerprint density at radius 2 is 1.81 bits per heavy atom. The van der Waals surface area contributed by atoms with Gasteiger partial charge in [-0.25, -0.2) is 0 Å². The number of amides is 3. The van der Waals surface area contributed by atoms with E-state index in [-0.39, 0.29) is 30.3 Å². The lowest BCUT2D eigenvalue weighted by atomic mass is 10.1. The molecule has 0 aliphatic carbocycles. The highest BCUT2D eigenvalue weighted by Gasteiger charge is 2.31. The molecule has 1 aromatic carbocycles. The Kier molecular flexibility index (Phi) is 4.32. The van der Waals surface area contributed by atoms with Crippen molar-refractivity contribution < 1.29 is 14.4 Å². The largest absolute Gasteiger partial charge is 0.363 e. The number of hydrogen-bond donors (Lipinski definition) is 1. The lowest BCUT2D eigenvalue weighted by Gasteiger charge is -2.24. The van der Waals surface area contributed by atoms with Crippen LogP contribution < -0.4 is 0 Å². The smallest absolute Gasteiger partial charge is 0.254 e. The Morgan fingerprint density at radius 3 is 2.46 bits per heavy atom. The zero-order valence-electron chi connectivity index (χ0n) is 14.5. The van der Waals surface area contributed by atoms with Crippen LogP contribution in [0.5, 0.6) is 0 Å². The lowest BCUT2D eigenvalue weighted by molar-refractivity contribution is -0.139. The third-order valence-electron chi connectivity index (χ3n) is 5.19. The van der Waals surface area contributed by atoms with Crippen LogP contribution in [-0.2, 0) is 16.1 Å². The van der Waals surface area contributed by atoms with E-state index in [1.807, 2.05) is 35.4 Å². The molecule has 0 bridgehead atoms. The molecule has 0 unspecified atom stereocenters. The van der Waals surface area contributed by atoms with Crippen LogP contribution in [0.1, 0.15) is 53.3 Å². The molecule has 6 nitrogen and oxygen atoms in total. The molecule has 3 amide bonds. The highest BCUT2D eigenvalue weighted by molar-refractivity contribution is 6.01. The second-order valence-corrected chi connectivity index (χ2v) is 6.85. The topological polar surface area (TPSA) is 73.5 Å². The zero-order valence-corrected chi connectivity index (χ0v) is 14.5. The SMILES string of the molecule is O=C1CCC(=O)N1Cc1ccc(C(=O)N2CCC[C@@H]2c2ccc[nH]2)cc1. The van der Waals surface area contributed by atoms with Crippen LogP contribution >= 0.6 is 0 Å². The normalized spacial score (nSPS) is 20.2. The first-order chi connectivity index (χ1) is 12.6. The van der Waals surface area contributed by atoms with E-state index in [1.165, 1.54) is 4.90 Å². The second kappa shape index (κ2) is 6.78. The maximum absolute atomic E-state index is 12.9. The van der Waals surface area contributed by atoms with Gasteiger partial charge in [-0.3, -0.25) is 19.3 Å². The summed E-state index contributed by atoms with van der Waals surface area (Å²) in [6.45, 7) is 1.03. The van der Waals surface area contributed by atoms with Crippen LogP contribution in [0, 0.1) is 0 Å². The van der Waals surface area contributed by atoms with Gasteiger partial charge in [0.25, 0.3) is 5.91 Å². The van der Waals surface area contributed by atoms with Crippen molar-refractivity contribution in [3.05, 3.63) is 59.4 Å². The van der Waals surface area contributed by atoms with Crippen LogP contribution in [0.4, 0.5) is 0 Å². The molecule has 0 saturated carbocycles. The summed E-state index contributed by atoms with van der Waals surface area (Å²) in [6.07, 6.45) is 4.43. The van der Waals surface area contributed by atoms with Gasteiger partial charge in [-0.15, -0.1) is 0 Å². The average molecular weight is 351 g/mol. The van der Waals surface area contributed by atoms with Crippen molar-refractivity contribution in [2.24, 2.45) is 0 Å². The van der Waals surface area contributed by atoms with Crippen molar-refractivity contribution in [1.82, 2.24) is 14.8 Å². The second-order valence-electron chi connectivity index (χ2n) is 6.85. The first-order valence-electron chi connectivity index (χ1n) is 9.00. The minimum Gasteiger partial charge on any atom is -0.363 e. The van der Waals surface area contributed by atoms with Gasteiger partial charge in [0, 0.05) is 36.8 Å². The maximum Gasteiger partial charge on any atom is 0.254 e. The monoisotopic (exact) mass is 351 g/mol. The predicted octanol–water partition coefficient (Wildman–Crippen LogP) is 2.64. The number of benzene rings is 1. The molecule has 2 saturated heterocycles. The van der Waals surface area contributed by atoms with E-state index in [4.69, 9.17) is 0 Å². The molecule has 0 radical (unpaired) electrons. The Hall–Kier alpha value is -2.89. The Balaban J connectivity index is 1.47. The van der Waals surface area contributed by atoms with E-state index in [0.717, 1.165) is 30.6 Å². The molecule has 2 aliphatic heterocycles. The molecule has 2 aliphatic rings. The number of hydrogen-bond acceptors (Lipinski definition) is 3. The predicted molar refractivity (Wildman–Crippen MR) is 95.0 cm³/mol. The number of carbonyl (C=O) groups excluding carboxylic acids is 3. The van der Waals surface area contributed by atoms with Crippen molar-refractivity contribution in [2.75, 3.05) is 6.54 Å². The lowest BCUT2D eigenvalue weighted by Crippen LogP contribution is -2.31. The van der Waals surface area contributed by atoms with Crippen LogP contribution in [0.15, 0.2) is 42.6 Å². The summed E-state index contributed by atoms with van der Waals surface area (Å²) in [5, 5.41) is 0. The Morgan fingerprint density at radius 1 is 1.08 bits per heavy atom. The number of H-pyrrole nitrogens is 1. The first kappa shape index (κ1) is 16.6. The van der Waals surface area contributed by atoms with E-state index in [9.17, 15) is 14.4 Å². The molecule has 1 N–H and O–H groups in total. The van der Waals surface area contributed by atoms with Gasteiger partial charge in [0.1, 0.15) is 0 Å². The summed E-state index contributed by atoms with van der Waals surface area (Å²) in [7, 11) is 0. The van der Waals surface area contributed by atoms with E-state index < -0.39 is 0 Å². The third-order valence-corrected chi connectivity index (χ3v) is 5.19. The van der Waals surface area contributed by atoms with E-state index >= 15 is 0 Å². The molecule has 4 rings (SSSR count). The summed E-state index contributed by atoms with van der Waals surface area (Å²) in [4.78, 5) is 42.8. The Bertz CT molecular complexity index is 810. The van der Waals surface area contributed by atoms with Crippen LogP contribution in [0.2, 0.25) is 0 Å². The van der Waals surface area contributed by atoms with Crippen LogP contribution in [-0.4, -0.2) is 39.1 Å². The van der Waals surface area contributed by atoms with Gasteiger partial charge in [-0.2, -0.15) is 0 Å². The van der Waals surface area contributed by atoms with Gasteiger partial charge >= 0.3 is 0 Å². The van der Waals surface area contributed by atoms with Gasteiger partial charge in [0.15, 0.2) is 0 Å². The number of rotatable bonds is 4. The first-order valence-corrected chi connectivity index (χ1v) is 9.00. The fourth-order valence-corrected chi connectivity index (χ4v) is 3.78. The highest BCUT2D eigenvalue weighted by Crippen LogP contribution is 2.32. The summed E-state index contributed by atoms with van der Waals surface area (Å²) in [5.41, 5.74) is 2.55. The third kappa shape index (κ3) is 3.03. The van der Waals surface area contributed by atoms with Crippen molar-refractivity contribution >= 4 is 17.7 Å². The molecular weight excluding hydrogens is 330 g/mol. The number of likely N-dealkylation sites (tertiary alicyclic amines) is 2. The molecule has 2 aromatic rings. The Labute approximate surface area is 151 Å². The van der Waals surface area contributed by atoms with Crippen LogP contribution in [0.25, 0.3) is 0 Å². The molecule has 1 atom stereocenters. The number of nitrogens with one attached hydrogen (secondary N) is 1. The van der Waals surface area contributed by atoms with E-state index in [1.54, 1.807) is 12.1 Å². The molecule has 2 fully saturated rings. The van der Waals surface area contributed by atoms with Crippen molar-refractivity contribution in [3.8, 4) is 0 Å². The number of nitrogens with zero attached hydrogens (tertiary/aromatic N) is 2. The minimum absolute atomic E-state index is 0.0157. The summed E-state index contributed by atoms with van der Waals surface area (Å²) < 4.78 is 0. The molecule has 3 heterocycles. The molecule has 134 valence electrons. The molecule has 0 spiro atoms. The van der Waals surface area contributed by atoms with Crippen LogP contribution in [0.3, 0.4) is 0 Å². The van der Waals surface area contributed by atoms with Gasteiger partial charge in [-0.05, 0) is 42.7 Å². The molecule has 1 aromatic heterocycles. The highest BCUT2D eigenvalue weighted by atomic mass is 16.2. The number of imide groups is 1. The van der Waals surface area contributed by atoms with Crippen molar-refractivity contribution in [2.45, 2.75) is 38.3 Å². The molecule has 26 heavy (non-hydrogen) atoms. The maximum atomic E-state index is 12.9. The average Bonchev–Trinajstić information content (AvgIpc) is 3.39. The summed E-state index contributed by atoms with van der Waals surface area (Å²) in [5.74, 6) is -0.232. The molecule has 6 heteroatoms. The fraction of sp³-hybridized carbons (Fsp3) is 0.350. The fourth-order valence-electron chi connectivity index (χ4n) is 3.78. The van der Waals surface area contributed by atoms with Gasteiger partial charge < -0.3 is 9.88 Å². The quantitative estimate of drug-likeness (QED) is 0.861. The van der Waals surface area contributed by atoms with E-state index in [0.29, 0.717) is 18.4 Å². The minimum atomic E-state index is -0.124. The molecular formula is C20H21N3O3. The number of aromatic nitrogens is 1. The summed E-state index contributed by atoms with van der Waals surface area (Å²) >= 11 is 0. The zero-order chi connectivity index (χ0) is 18.1. The number of carbonyl (C=O) groups is 3. The number of aromatic amines is 1. The van der Waals surface area contributed by atoms with Crippen molar-refractivity contribution in [1.29, 1.82) is 0 Å². The van der Waals surface area contributed by atoms with Gasteiger partial charge in [0.05, 0.1) is 12.6 Å². The van der Waals surface area contributed by atoms with Gasteiger partial charge in [-0.1, -0.05) is 12.1 Å². The van der Waals surface area contributed by atoms with Gasteiger partial charge in [0.2, 0.25) is 11.8 Å². The standard InChI is InChI=1S/C20H21N3O3/c24-18-9-10-19(25)23(18)13-14-5-7-15(8-6-14)20(26)22-12-2-4-17(22)16-3-1-11-21-16/h1,3,5-8,11,17,21H,2,4,9-10,12-13H2/t17-/m1/s1.